The highest BCUT2D eigenvalue weighted by Crippen LogP contribution is 2.62. The predicted octanol–water partition coefficient (Wildman–Crippen LogP) is 13.2. The van der Waals surface area contributed by atoms with Gasteiger partial charge in [0.25, 0.3) is 5.91 Å². The number of aliphatic hydroxyl groups excluding tert-OH is 1. The number of aliphatic hydroxyl groups is 1. The number of esters is 6. The zero-order valence-corrected chi connectivity index (χ0v) is 54.1. The molecule has 90 heavy (non-hydrogen) atoms. The van der Waals surface area contributed by atoms with E-state index in [1.807, 2.05) is 6.07 Å². The number of thioether (sulfide) groups is 2. The number of carbonyl (C=O) groups excluding carboxylic acids is 7. The zero-order chi connectivity index (χ0) is 63.4. The van der Waals surface area contributed by atoms with E-state index < -0.39 is 41.9 Å². The highest BCUT2D eigenvalue weighted by atomic mass is 32.2. The Balaban J connectivity index is 0.819. The molecular weight excluding hydrogens is 1190 g/mol. The van der Waals surface area contributed by atoms with Gasteiger partial charge < -0.3 is 47.7 Å². The molecule has 0 saturated heterocycles. The highest BCUT2D eigenvalue weighted by Gasteiger charge is 2.44. The van der Waals surface area contributed by atoms with Crippen LogP contribution in [-0.2, 0) is 66.7 Å². The fraction of sp³-hybridized carbons (Fsp3) is 0.623. The molecule has 2 aliphatic heterocycles. The van der Waals surface area contributed by atoms with Gasteiger partial charge in [0.05, 0.1) is 81.2 Å². The molecule has 19 nitrogen and oxygen atoms in total. The first-order chi connectivity index (χ1) is 43.8. The Bertz CT molecular complexity index is 2990. The minimum absolute atomic E-state index is 0.00547. The number of benzene rings is 3. The van der Waals surface area contributed by atoms with Gasteiger partial charge in [0, 0.05) is 42.7 Å². The summed E-state index contributed by atoms with van der Waals surface area (Å²) in [6.07, 6.45) is 17.6. The normalized spacial score (nSPS) is 24.6. The van der Waals surface area contributed by atoms with Crippen LogP contribution in [-0.4, -0.2) is 116 Å². The quantitative estimate of drug-likeness (QED) is 0.0163. The van der Waals surface area contributed by atoms with Crippen molar-refractivity contribution in [2.45, 2.75) is 228 Å². The third-order valence-corrected chi connectivity index (χ3v) is 20.6. The van der Waals surface area contributed by atoms with E-state index in [0.717, 1.165) is 131 Å². The first kappa shape index (κ1) is 68.5. The Morgan fingerprint density at radius 2 is 0.978 bits per heavy atom. The Kier molecular flexibility index (Phi) is 26.4. The van der Waals surface area contributed by atoms with Crippen molar-refractivity contribution < 1.29 is 81.3 Å². The van der Waals surface area contributed by atoms with Crippen LogP contribution in [0.25, 0.3) is 10.8 Å². The van der Waals surface area contributed by atoms with Crippen molar-refractivity contribution >= 4 is 87.4 Å². The summed E-state index contributed by atoms with van der Waals surface area (Å²) >= 11 is 2.27. The lowest BCUT2D eigenvalue weighted by molar-refractivity contribution is -0.185. The van der Waals surface area contributed by atoms with Crippen molar-refractivity contribution in [1.29, 1.82) is 0 Å². The first-order valence-electron chi connectivity index (χ1n) is 33.2. The molecule has 0 radical (unpaired) electrons. The van der Waals surface area contributed by atoms with Crippen LogP contribution in [0.2, 0.25) is 0 Å². The van der Waals surface area contributed by atoms with Crippen LogP contribution in [0, 0.1) is 23.7 Å². The van der Waals surface area contributed by atoms with Gasteiger partial charge in [-0.15, -0.1) is 0 Å². The maximum Gasteiger partial charge on any atom is 0.359 e. The first-order valence-corrected chi connectivity index (χ1v) is 34.8. The largest absolute Gasteiger partial charge is 0.466 e. The van der Waals surface area contributed by atoms with Gasteiger partial charge in [0.1, 0.15) is 6.10 Å². The molecule has 3 aromatic rings. The molecule has 1 N–H and O–H groups in total. The summed E-state index contributed by atoms with van der Waals surface area (Å²) in [6, 6.07) is 16.0. The number of nitrogens with zero attached hydrogens (tertiary/aromatic N) is 2. The third kappa shape index (κ3) is 18.7. The second-order valence-electron chi connectivity index (χ2n) is 24.3. The number of unbranched alkanes of at least 4 members (excludes halogenated alkanes) is 6. The van der Waals surface area contributed by atoms with Crippen LogP contribution in [0.3, 0.4) is 0 Å². The summed E-state index contributed by atoms with van der Waals surface area (Å²) in [5.74, 6) is -3.94. The molecule has 6 aliphatic rings. The molecule has 9 rings (SSSR count). The number of ether oxygens (including phenoxy) is 9. The maximum absolute atomic E-state index is 14.6. The molecule has 4 aliphatic carbocycles. The summed E-state index contributed by atoms with van der Waals surface area (Å²) in [5.41, 5.74) is 0.241. The molecule has 1 unspecified atom stereocenters. The van der Waals surface area contributed by atoms with E-state index in [4.69, 9.17) is 42.6 Å². The lowest BCUT2D eigenvalue weighted by Crippen LogP contribution is -2.36. The number of carbonyl (C=O) groups is 7. The molecule has 0 aromatic heterocycles. The number of hydrogen-bond donors (Lipinski definition) is 1. The Labute approximate surface area is 537 Å². The van der Waals surface area contributed by atoms with Crippen molar-refractivity contribution in [2.75, 3.05) is 38.0 Å². The van der Waals surface area contributed by atoms with Crippen LogP contribution in [0.5, 0.6) is 11.5 Å². The van der Waals surface area contributed by atoms with E-state index in [1.54, 1.807) is 69.3 Å². The third-order valence-electron chi connectivity index (χ3n) is 18.0. The van der Waals surface area contributed by atoms with Gasteiger partial charge in [-0.1, -0.05) is 92.7 Å². The number of hydrogen-bond acceptors (Lipinski definition) is 20. The van der Waals surface area contributed by atoms with Crippen molar-refractivity contribution in [3.63, 3.8) is 0 Å². The van der Waals surface area contributed by atoms with Gasteiger partial charge in [-0.25, -0.2) is 4.79 Å². The molecule has 4 saturated carbocycles. The minimum atomic E-state index is -0.971. The standard InChI is InChI=1S/C69H90N2O17S2/c1-4-55(72)83-42-18-9-7-16-40-81-49-32-36-51(37-33-49)85-64(75)44-24-28-46(29-25-44)66(77)87-59-53-22-14-15-23-54(53)60(62-61(59)89-69(90-62)57-58(68(79)80-6-3)70-71(63(57)74)48-20-12-11-13-21-48)88-67(78)47-30-26-45(27-31-47)65(76)86-52-38-34-50(35-39-52)82-41-17-8-10-19-43-84-56(73)5-2/h11-15,20-23,44-47,49-52,64,75H,4-10,16-19,24-43H2,1-3H3/b69-57+. The van der Waals surface area contributed by atoms with E-state index in [1.165, 1.54) is 0 Å². The van der Waals surface area contributed by atoms with Gasteiger partial charge in [0.15, 0.2) is 23.5 Å². The van der Waals surface area contributed by atoms with Gasteiger partial charge in [-0.05, 0) is 160 Å². The van der Waals surface area contributed by atoms with Crippen LogP contribution >= 0.6 is 23.5 Å². The SMILES string of the molecule is CCOC(=O)C1=NN(c2ccccc2)C(=O)/C1=C1/Sc2c(c(OC(=O)C3CCC(C(O)OC4CCC(OCCCCCCOC(=O)CC)CC4)CC3)c3ccccc3c2OC(=O)C2CCC(C(=O)OC3CCC(OCCCCCCOC(=O)CC)CC3)CC2)S1. The number of para-hydroxylation sites is 1. The van der Waals surface area contributed by atoms with Gasteiger partial charge in [0.2, 0.25) is 0 Å². The summed E-state index contributed by atoms with van der Waals surface area (Å²) in [7, 11) is 0. The van der Waals surface area contributed by atoms with Gasteiger partial charge in [-0.3, -0.25) is 28.8 Å². The van der Waals surface area contributed by atoms with Gasteiger partial charge >= 0.3 is 35.8 Å². The highest BCUT2D eigenvalue weighted by molar-refractivity contribution is 8.25. The van der Waals surface area contributed by atoms with Gasteiger partial charge in [-0.2, -0.15) is 10.1 Å². The molecule has 0 bridgehead atoms. The molecular formula is C69H90N2O17S2. The second-order valence-corrected chi connectivity index (χ2v) is 26.6. The van der Waals surface area contributed by atoms with Crippen LogP contribution in [0.1, 0.15) is 188 Å². The summed E-state index contributed by atoms with van der Waals surface area (Å²) in [6.45, 7) is 7.57. The van der Waals surface area contributed by atoms with Crippen LogP contribution in [0.4, 0.5) is 5.69 Å². The fourth-order valence-electron chi connectivity index (χ4n) is 12.7. The molecule has 4 fully saturated rings. The fourth-order valence-corrected chi connectivity index (χ4v) is 15.4. The maximum atomic E-state index is 14.6. The topological polar surface area (TPSA) is 238 Å². The Hall–Kier alpha value is -5.84. The molecule has 21 heteroatoms. The van der Waals surface area contributed by atoms with E-state index >= 15 is 0 Å². The van der Waals surface area contributed by atoms with Crippen LogP contribution < -0.4 is 14.5 Å². The number of amides is 1. The molecule has 3 aromatic carbocycles. The lowest BCUT2D eigenvalue weighted by atomic mass is 9.81. The molecule has 1 atom stereocenters. The summed E-state index contributed by atoms with van der Waals surface area (Å²) < 4.78 is 53.8. The van der Waals surface area contributed by atoms with Crippen molar-refractivity contribution in [2.24, 2.45) is 28.8 Å². The van der Waals surface area contributed by atoms with E-state index in [0.29, 0.717) is 121 Å². The number of hydrazone groups is 1. The van der Waals surface area contributed by atoms with Crippen molar-refractivity contribution in [3.8, 4) is 11.5 Å². The molecule has 0 spiro atoms. The average molecular weight is 1280 g/mol. The molecule has 490 valence electrons. The monoisotopic (exact) mass is 1280 g/mol. The molecule has 1 amide bonds. The van der Waals surface area contributed by atoms with Crippen molar-refractivity contribution in [3.05, 3.63) is 64.4 Å². The Morgan fingerprint density at radius 1 is 0.533 bits per heavy atom. The summed E-state index contributed by atoms with van der Waals surface area (Å²) in [4.78, 5) is 94.5. The number of anilines is 1. The van der Waals surface area contributed by atoms with E-state index in [-0.39, 0.29) is 83.6 Å². The molecule has 2 heterocycles. The second kappa shape index (κ2) is 34.7. The zero-order valence-electron chi connectivity index (χ0n) is 52.5. The number of fused-ring (bicyclic) bond motifs is 2. The number of rotatable bonds is 30. The average Bonchev–Trinajstić information content (AvgIpc) is 1.59. The van der Waals surface area contributed by atoms with Crippen molar-refractivity contribution in [1.82, 2.24) is 0 Å². The van der Waals surface area contributed by atoms with E-state index in [2.05, 4.69) is 5.10 Å². The summed E-state index contributed by atoms with van der Waals surface area (Å²) in [5, 5.41) is 18.0. The van der Waals surface area contributed by atoms with Crippen LogP contribution in [0.15, 0.2) is 79.3 Å². The Morgan fingerprint density at radius 3 is 1.47 bits per heavy atom. The predicted molar refractivity (Wildman–Crippen MR) is 339 cm³/mol. The smallest absolute Gasteiger partial charge is 0.359 e. The lowest BCUT2D eigenvalue weighted by Gasteiger charge is -2.34. The van der Waals surface area contributed by atoms with E-state index in [9.17, 15) is 38.7 Å². The minimum Gasteiger partial charge on any atom is -0.466 e.